The quantitative estimate of drug-likeness (QED) is 0.901. The van der Waals surface area contributed by atoms with Gasteiger partial charge in [0.15, 0.2) is 0 Å². The van der Waals surface area contributed by atoms with Crippen molar-refractivity contribution in [1.82, 2.24) is 15.0 Å². The SMILES string of the molecule is CCCc1nc(NC)c(C)c(Oc2cncc(Br)c2)n1. The first-order valence-corrected chi connectivity index (χ1v) is 7.27. The highest BCUT2D eigenvalue weighted by atomic mass is 79.9. The van der Waals surface area contributed by atoms with E-state index >= 15 is 0 Å². The average Bonchev–Trinajstić information content (AvgIpc) is 2.42. The lowest BCUT2D eigenvalue weighted by molar-refractivity contribution is 0.452. The maximum Gasteiger partial charge on any atom is 0.227 e. The maximum absolute atomic E-state index is 5.84. The predicted molar refractivity (Wildman–Crippen MR) is 82.3 cm³/mol. The van der Waals surface area contributed by atoms with Crippen LogP contribution < -0.4 is 10.1 Å². The number of aromatic nitrogens is 3. The van der Waals surface area contributed by atoms with Gasteiger partial charge in [-0.1, -0.05) is 6.92 Å². The molecule has 5 nitrogen and oxygen atoms in total. The summed E-state index contributed by atoms with van der Waals surface area (Å²) in [5.41, 5.74) is 0.882. The summed E-state index contributed by atoms with van der Waals surface area (Å²) in [6.45, 7) is 4.03. The van der Waals surface area contributed by atoms with Crippen LogP contribution in [0.25, 0.3) is 0 Å². The van der Waals surface area contributed by atoms with Gasteiger partial charge in [-0.3, -0.25) is 4.98 Å². The zero-order valence-electron chi connectivity index (χ0n) is 11.8. The summed E-state index contributed by atoms with van der Waals surface area (Å²) < 4.78 is 6.70. The number of nitrogens with one attached hydrogen (secondary N) is 1. The molecule has 0 atom stereocenters. The van der Waals surface area contributed by atoms with Gasteiger partial charge in [0, 0.05) is 24.1 Å². The average molecular weight is 337 g/mol. The summed E-state index contributed by atoms with van der Waals surface area (Å²) in [6, 6.07) is 1.85. The molecular weight excluding hydrogens is 320 g/mol. The van der Waals surface area contributed by atoms with Crippen LogP contribution in [-0.2, 0) is 6.42 Å². The van der Waals surface area contributed by atoms with Crippen LogP contribution in [0.15, 0.2) is 22.9 Å². The van der Waals surface area contributed by atoms with Crippen LogP contribution in [0.2, 0.25) is 0 Å². The topological polar surface area (TPSA) is 59.9 Å². The van der Waals surface area contributed by atoms with E-state index < -0.39 is 0 Å². The lowest BCUT2D eigenvalue weighted by Gasteiger charge is -2.12. The smallest absolute Gasteiger partial charge is 0.227 e. The molecule has 0 bridgehead atoms. The number of anilines is 1. The van der Waals surface area contributed by atoms with Gasteiger partial charge in [-0.2, -0.15) is 4.98 Å². The van der Waals surface area contributed by atoms with Crippen LogP contribution in [-0.4, -0.2) is 22.0 Å². The Morgan fingerprint density at radius 1 is 1.30 bits per heavy atom. The van der Waals surface area contributed by atoms with E-state index in [1.807, 2.05) is 20.0 Å². The van der Waals surface area contributed by atoms with Gasteiger partial charge in [0.05, 0.1) is 11.8 Å². The Bertz CT molecular complexity index is 604. The molecule has 0 saturated carbocycles. The van der Waals surface area contributed by atoms with Gasteiger partial charge in [-0.25, -0.2) is 4.98 Å². The summed E-state index contributed by atoms with van der Waals surface area (Å²) in [5, 5.41) is 3.08. The van der Waals surface area contributed by atoms with Crippen molar-refractivity contribution in [2.45, 2.75) is 26.7 Å². The number of pyridine rings is 1. The van der Waals surface area contributed by atoms with E-state index in [9.17, 15) is 0 Å². The minimum atomic E-state index is 0.563. The van der Waals surface area contributed by atoms with Crippen LogP contribution in [0.3, 0.4) is 0 Å². The fourth-order valence-electron chi connectivity index (χ4n) is 1.78. The van der Waals surface area contributed by atoms with Gasteiger partial charge in [0.2, 0.25) is 5.88 Å². The molecule has 0 saturated heterocycles. The Kier molecular flexibility index (Phi) is 4.89. The van der Waals surface area contributed by atoms with E-state index in [0.717, 1.165) is 34.5 Å². The van der Waals surface area contributed by atoms with Crippen LogP contribution in [0.4, 0.5) is 5.82 Å². The molecule has 2 rings (SSSR count). The predicted octanol–water partition coefficient (Wildman–Crippen LogP) is 3.73. The normalized spacial score (nSPS) is 10.4. The van der Waals surface area contributed by atoms with E-state index in [4.69, 9.17) is 4.74 Å². The molecular formula is C14H17BrN4O. The van der Waals surface area contributed by atoms with Crippen molar-refractivity contribution < 1.29 is 4.74 Å². The number of halogens is 1. The second-order valence-electron chi connectivity index (χ2n) is 4.36. The summed E-state index contributed by atoms with van der Waals surface area (Å²) >= 11 is 3.37. The van der Waals surface area contributed by atoms with E-state index in [1.54, 1.807) is 12.4 Å². The van der Waals surface area contributed by atoms with Crippen molar-refractivity contribution in [3.63, 3.8) is 0 Å². The van der Waals surface area contributed by atoms with Gasteiger partial charge in [0.25, 0.3) is 0 Å². The molecule has 1 N–H and O–H groups in total. The fourth-order valence-corrected chi connectivity index (χ4v) is 2.12. The molecule has 0 amide bonds. The summed E-state index contributed by atoms with van der Waals surface area (Å²) in [7, 11) is 1.84. The molecule has 2 aromatic heterocycles. The van der Waals surface area contributed by atoms with Crippen LogP contribution in [0, 0.1) is 6.92 Å². The van der Waals surface area contributed by atoms with Crippen molar-refractivity contribution in [3.05, 3.63) is 34.3 Å². The van der Waals surface area contributed by atoms with Crippen LogP contribution >= 0.6 is 15.9 Å². The zero-order valence-corrected chi connectivity index (χ0v) is 13.4. The zero-order chi connectivity index (χ0) is 14.5. The molecule has 0 spiro atoms. The highest BCUT2D eigenvalue weighted by Gasteiger charge is 2.12. The third-order valence-electron chi connectivity index (χ3n) is 2.75. The summed E-state index contributed by atoms with van der Waals surface area (Å²) in [6.07, 6.45) is 5.18. The highest BCUT2D eigenvalue weighted by molar-refractivity contribution is 9.10. The molecule has 0 radical (unpaired) electrons. The molecule has 0 aliphatic heterocycles. The Morgan fingerprint density at radius 3 is 2.75 bits per heavy atom. The van der Waals surface area contributed by atoms with E-state index in [0.29, 0.717) is 11.6 Å². The maximum atomic E-state index is 5.84. The van der Waals surface area contributed by atoms with Gasteiger partial charge in [-0.05, 0) is 35.3 Å². The highest BCUT2D eigenvalue weighted by Crippen LogP contribution is 2.28. The monoisotopic (exact) mass is 336 g/mol. The molecule has 106 valence electrons. The van der Waals surface area contributed by atoms with Gasteiger partial charge in [0.1, 0.15) is 17.4 Å². The van der Waals surface area contributed by atoms with E-state index in [-0.39, 0.29) is 0 Å². The second kappa shape index (κ2) is 6.65. The van der Waals surface area contributed by atoms with Crippen LogP contribution in [0.1, 0.15) is 24.7 Å². The van der Waals surface area contributed by atoms with Crippen molar-refractivity contribution in [2.75, 3.05) is 12.4 Å². The van der Waals surface area contributed by atoms with Gasteiger partial charge < -0.3 is 10.1 Å². The third kappa shape index (κ3) is 3.45. The largest absolute Gasteiger partial charge is 0.437 e. The Morgan fingerprint density at radius 2 is 2.10 bits per heavy atom. The first kappa shape index (κ1) is 14.7. The molecule has 0 fully saturated rings. The van der Waals surface area contributed by atoms with Crippen molar-refractivity contribution in [2.24, 2.45) is 0 Å². The lowest BCUT2D eigenvalue weighted by atomic mass is 10.3. The number of ether oxygens (including phenoxy) is 1. The molecule has 2 heterocycles. The van der Waals surface area contributed by atoms with E-state index in [1.165, 1.54) is 0 Å². The molecule has 2 aromatic rings. The van der Waals surface area contributed by atoms with Gasteiger partial charge >= 0.3 is 0 Å². The van der Waals surface area contributed by atoms with Gasteiger partial charge in [-0.15, -0.1) is 0 Å². The first-order chi connectivity index (χ1) is 9.63. The fraction of sp³-hybridized carbons (Fsp3) is 0.357. The minimum Gasteiger partial charge on any atom is -0.437 e. The number of rotatable bonds is 5. The minimum absolute atomic E-state index is 0.563. The standard InChI is InChI=1S/C14H17BrN4O/c1-4-5-12-18-13(16-3)9(2)14(19-12)20-11-6-10(15)7-17-8-11/h6-8H,4-5H2,1-3H3,(H,16,18,19). The molecule has 6 heteroatoms. The summed E-state index contributed by atoms with van der Waals surface area (Å²) in [4.78, 5) is 13.0. The Balaban J connectivity index is 2.36. The number of hydrogen-bond acceptors (Lipinski definition) is 5. The second-order valence-corrected chi connectivity index (χ2v) is 5.28. The number of nitrogens with zero attached hydrogens (tertiary/aromatic N) is 3. The van der Waals surface area contributed by atoms with Crippen molar-refractivity contribution >= 4 is 21.7 Å². The van der Waals surface area contributed by atoms with Crippen LogP contribution in [0.5, 0.6) is 11.6 Å². The molecule has 0 unspecified atom stereocenters. The third-order valence-corrected chi connectivity index (χ3v) is 3.19. The molecule has 20 heavy (non-hydrogen) atoms. The Hall–Kier alpha value is -1.69. The van der Waals surface area contributed by atoms with Crippen molar-refractivity contribution in [3.8, 4) is 11.6 Å². The molecule has 0 aliphatic rings. The lowest BCUT2D eigenvalue weighted by Crippen LogP contribution is -2.05. The number of aryl methyl sites for hydroxylation is 1. The first-order valence-electron chi connectivity index (χ1n) is 6.47. The molecule has 0 aliphatic carbocycles. The summed E-state index contributed by atoms with van der Waals surface area (Å²) in [5.74, 6) is 2.78. The Labute approximate surface area is 127 Å². The molecule has 0 aromatic carbocycles. The van der Waals surface area contributed by atoms with Crippen molar-refractivity contribution in [1.29, 1.82) is 0 Å². The van der Waals surface area contributed by atoms with E-state index in [2.05, 4.69) is 43.1 Å². The number of hydrogen-bond donors (Lipinski definition) is 1.